The second-order valence-corrected chi connectivity index (χ2v) is 5.07. The first-order valence-electron chi connectivity index (χ1n) is 6.72. The minimum atomic E-state index is -0.509. The lowest BCUT2D eigenvalue weighted by Crippen LogP contribution is -2.40. The first kappa shape index (κ1) is 18.4. The van der Waals surface area contributed by atoms with Crippen LogP contribution in [-0.2, 0) is 11.3 Å². The second-order valence-electron chi connectivity index (χ2n) is 4.64. The molecule has 3 N–H and O–H groups in total. The number of carbonyl (C=O) groups is 1. The summed E-state index contributed by atoms with van der Waals surface area (Å²) < 4.78 is 5.09. The van der Waals surface area contributed by atoms with Crippen LogP contribution in [0.3, 0.4) is 0 Å². The van der Waals surface area contributed by atoms with Gasteiger partial charge in [0.05, 0.1) is 12.6 Å². The Morgan fingerprint density at radius 1 is 1.50 bits per heavy atom. The standard InChI is InChI=1S/C14H17ClN4O2.ClH/c1-2-4-11(16)14(20)17-8-12-18-13(19-21-12)9-5-3-6-10(15)7-9;/h3,5-7,11H,2,4,8,16H2,1H3,(H,17,20);1H. The largest absolute Gasteiger partial charge is 0.346 e. The summed E-state index contributed by atoms with van der Waals surface area (Å²) in [6.45, 7) is 2.13. The van der Waals surface area contributed by atoms with Crippen LogP contribution in [0, 0.1) is 0 Å². The van der Waals surface area contributed by atoms with E-state index in [2.05, 4.69) is 15.5 Å². The third-order valence-corrected chi connectivity index (χ3v) is 3.14. The van der Waals surface area contributed by atoms with E-state index in [-0.39, 0.29) is 24.9 Å². The topological polar surface area (TPSA) is 94.0 Å². The molecule has 0 bridgehead atoms. The molecule has 1 aromatic heterocycles. The number of benzene rings is 1. The van der Waals surface area contributed by atoms with Crippen LogP contribution in [-0.4, -0.2) is 22.1 Å². The highest BCUT2D eigenvalue weighted by Crippen LogP contribution is 2.19. The van der Waals surface area contributed by atoms with Crippen molar-refractivity contribution in [3.05, 3.63) is 35.2 Å². The zero-order valence-corrected chi connectivity index (χ0v) is 13.7. The highest BCUT2D eigenvalue weighted by molar-refractivity contribution is 6.30. The van der Waals surface area contributed by atoms with E-state index in [1.54, 1.807) is 18.2 Å². The molecule has 8 heteroatoms. The fraction of sp³-hybridized carbons (Fsp3) is 0.357. The van der Waals surface area contributed by atoms with Gasteiger partial charge in [-0.1, -0.05) is 42.2 Å². The van der Waals surface area contributed by atoms with Crippen LogP contribution in [0.25, 0.3) is 11.4 Å². The molecular formula is C14H18Cl2N4O2. The van der Waals surface area contributed by atoms with Crippen molar-refractivity contribution in [1.29, 1.82) is 0 Å². The minimum absolute atomic E-state index is 0. The molecule has 1 aromatic carbocycles. The van der Waals surface area contributed by atoms with Crippen LogP contribution in [0.1, 0.15) is 25.7 Å². The normalized spacial score (nSPS) is 11.6. The van der Waals surface area contributed by atoms with Gasteiger partial charge < -0.3 is 15.6 Å². The van der Waals surface area contributed by atoms with Crippen molar-refractivity contribution in [3.63, 3.8) is 0 Å². The van der Waals surface area contributed by atoms with Gasteiger partial charge in [0.2, 0.25) is 17.6 Å². The van der Waals surface area contributed by atoms with Gasteiger partial charge in [0.15, 0.2) is 0 Å². The first-order chi connectivity index (χ1) is 10.1. The Morgan fingerprint density at radius 3 is 2.95 bits per heavy atom. The number of hydrogen-bond donors (Lipinski definition) is 2. The summed E-state index contributed by atoms with van der Waals surface area (Å²) in [5, 5.41) is 7.13. The molecule has 0 aliphatic rings. The van der Waals surface area contributed by atoms with Crippen LogP contribution >= 0.6 is 24.0 Å². The number of nitrogens with one attached hydrogen (secondary N) is 1. The Balaban J connectivity index is 0.00000242. The van der Waals surface area contributed by atoms with Crippen molar-refractivity contribution < 1.29 is 9.32 Å². The molecule has 6 nitrogen and oxygen atoms in total. The lowest BCUT2D eigenvalue weighted by atomic mass is 10.2. The maximum Gasteiger partial charge on any atom is 0.246 e. The fourth-order valence-corrected chi connectivity index (χ4v) is 2.00. The van der Waals surface area contributed by atoms with Gasteiger partial charge in [-0.3, -0.25) is 4.79 Å². The number of carbonyl (C=O) groups excluding carboxylic acids is 1. The highest BCUT2D eigenvalue weighted by atomic mass is 35.5. The zero-order valence-electron chi connectivity index (χ0n) is 12.1. The summed E-state index contributed by atoms with van der Waals surface area (Å²) in [6.07, 6.45) is 1.50. The van der Waals surface area contributed by atoms with E-state index in [4.69, 9.17) is 21.9 Å². The summed E-state index contributed by atoms with van der Waals surface area (Å²) in [5.41, 5.74) is 6.47. The van der Waals surface area contributed by atoms with E-state index in [9.17, 15) is 4.79 Å². The average molecular weight is 345 g/mol. The van der Waals surface area contributed by atoms with Crippen LogP contribution in [0.4, 0.5) is 0 Å². The third kappa shape index (κ3) is 4.98. The average Bonchev–Trinajstić information content (AvgIpc) is 2.94. The summed E-state index contributed by atoms with van der Waals surface area (Å²) >= 11 is 5.91. The molecule has 1 atom stereocenters. The van der Waals surface area contributed by atoms with Crippen molar-refractivity contribution in [3.8, 4) is 11.4 Å². The second kappa shape index (κ2) is 8.73. The number of aromatic nitrogens is 2. The lowest BCUT2D eigenvalue weighted by Gasteiger charge is -2.09. The van der Waals surface area contributed by atoms with Crippen LogP contribution in [0.5, 0.6) is 0 Å². The first-order valence-corrected chi connectivity index (χ1v) is 7.09. The number of halogens is 2. The Kier molecular flexibility index (Phi) is 7.31. The number of rotatable bonds is 6. The third-order valence-electron chi connectivity index (χ3n) is 2.90. The lowest BCUT2D eigenvalue weighted by molar-refractivity contribution is -0.122. The summed E-state index contributed by atoms with van der Waals surface area (Å²) in [4.78, 5) is 15.9. The molecule has 0 fully saturated rings. The van der Waals surface area contributed by atoms with Crippen molar-refractivity contribution >= 4 is 29.9 Å². The Morgan fingerprint density at radius 2 is 2.27 bits per heavy atom. The van der Waals surface area contributed by atoms with Gasteiger partial charge in [-0.15, -0.1) is 12.4 Å². The Hall–Kier alpha value is -1.63. The number of amides is 1. The number of nitrogens with zero attached hydrogens (tertiary/aromatic N) is 2. The van der Waals surface area contributed by atoms with Crippen molar-refractivity contribution in [2.45, 2.75) is 32.4 Å². The minimum Gasteiger partial charge on any atom is -0.346 e. The molecule has 2 rings (SSSR count). The highest BCUT2D eigenvalue weighted by Gasteiger charge is 2.14. The molecule has 1 unspecified atom stereocenters. The van der Waals surface area contributed by atoms with Crippen molar-refractivity contribution in [2.24, 2.45) is 5.73 Å². The monoisotopic (exact) mass is 344 g/mol. The molecule has 22 heavy (non-hydrogen) atoms. The quantitative estimate of drug-likeness (QED) is 0.839. The van der Waals surface area contributed by atoms with Gasteiger partial charge >= 0.3 is 0 Å². The maximum atomic E-state index is 11.7. The predicted octanol–water partition coefficient (Wildman–Crippen LogP) is 2.56. The predicted molar refractivity (Wildman–Crippen MR) is 86.7 cm³/mol. The summed E-state index contributed by atoms with van der Waals surface area (Å²) in [5.74, 6) is 0.529. The van der Waals surface area contributed by atoms with Crippen LogP contribution < -0.4 is 11.1 Å². The smallest absolute Gasteiger partial charge is 0.246 e. The van der Waals surface area contributed by atoms with Crippen molar-refractivity contribution in [2.75, 3.05) is 0 Å². The van der Waals surface area contributed by atoms with Gasteiger partial charge in [-0.25, -0.2) is 0 Å². The van der Waals surface area contributed by atoms with Gasteiger partial charge in [-0.2, -0.15) is 4.98 Å². The molecule has 0 saturated carbocycles. The SMILES string of the molecule is CCCC(N)C(=O)NCc1nc(-c2cccc(Cl)c2)no1.Cl. The Labute approximate surface area is 139 Å². The van der Waals surface area contributed by atoms with E-state index in [1.165, 1.54) is 0 Å². The molecule has 120 valence electrons. The number of hydrogen-bond acceptors (Lipinski definition) is 5. The molecule has 2 aromatic rings. The van der Waals surface area contributed by atoms with E-state index in [0.717, 1.165) is 12.0 Å². The van der Waals surface area contributed by atoms with E-state index < -0.39 is 6.04 Å². The van der Waals surface area contributed by atoms with Crippen molar-refractivity contribution in [1.82, 2.24) is 15.5 Å². The van der Waals surface area contributed by atoms with Gasteiger partial charge in [-0.05, 0) is 18.6 Å². The van der Waals surface area contributed by atoms with Gasteiger partial charge in [0.25, 0.3) is 0 Å². The molecule has 0 spiro atoms. The maximum absolute atomic E-state index is 11.7. The van der Waals surface area contributed by atoms with Gasteiger partial charge in [0.1, 0.15) is 0 Å². The molecule has 1 heterocycles. The van der Waals surface area contributed by atoms with Gasteiger partial charge in [0, 0.05) is 10.6 Å². The molecule has 1 amide bonds. The molecule has 0 aliphatic heterocycles. The number of nitrogens with two attached hydrogens (primary N) is 1. The zero-order chi connectivity index (χ0) is 15.2. The van der Waals surface area contributed by atoms with E-state index in [0.29, 0.717) is 23.2 Å². The Bertz CT molecular complexity index is 618. The molecule has 0 aliphatic carbocycles. The summed E-state index contributed by atoms with van der Waals surface area (Å²) in [7, 11) is 0. The summed E-state index contributed by atoms with van der Waals surface area (Å²) in [6, 6.07) is 6.63. The van der Waals surface area contributed by atoms with E-state index in [1.807, 2.05) is 13.0 Å². The fourth-order valence-electron chi connectivity index (χ4n) is 1.81. The molecule has 0 saturated heterocycles. The molecule has 0 radical (unpaired) electrons. The van der Waals surface area contributed by atoms with E-state index >= 15 is 0 Å². The van der Waals surface area contributed by atoms with Crippen LogP contribution in [0.15, 0.2) is 28.8 Å². The molecular weight excluding hydrogens is 327 g/mol. The van der Waals surface area contributed by atoms with Crippen LogP contribution in [0.2, 0.25) is 5.02 Å².